The molecule has 0 unspecified atom stereocenters. The van der Waals surface area contributed by atoms with Gasteiger partial charge in [-0.2, -0.15) is 0 Å². The van der Waals surface area contributed by atoms with Crippen LogP contribution in [-0.2, 0) is 20.8 Å². The van der Waals surface area contributed by atoms with Crippen LogP contribution in [0.4, 0.5) is 17.1 Å². The van der Waals surface area contributed by atoms with Gasteiger partial charge < -0.3 is 15.1 Å². The molecule has 28 heavy (non-hydrogen) atoms. The standard InChI is InChI=1S/C22H23N3O3/c1-14-5-3-4-6-19(14)23-22(28)17-12-21(27)25(13-17)18-7-8-20-16(11-18)9-10-24(20)15(2)26/h3-8,11,17H,9-10,12-13H2,1-2H3,(H,23,28)/t17-/m1/s1. The number of rotatable bonds is 3. The number of hydrogen-bond donors (Lipinski definition) is 1. The molecule has 3 amide bonds. The van der Waals surface area contributed by atoms with Crippen molar-refractivity contribution in [1.82, 2.24) is 0 Å². The third kappa shape index (κ3) is 3.26. The van der Waals surface area contributed by atoms with Crippen molar-refractivity contribution < 1.29 is 14.4 Å². The van der Waals surface area contributed by atoms with Crippen LogP contribution in [0.15, 0.2) is 42.5 Å². The molecule has 2 heterocycles. The van der Waals surface area contributed by atoms with Crippen LogP contribution in [0.2, 0.25) is 0 Å². The number of aryl methyl sites for hydroxylation is 1. The zero-order valence-electron chi connectivity index (χ0n) is 16.1. The van der Waals surface area contributed by atoms with E-state index in [1.165, 1.54) is 0 Å². The summed E-state index contributed by atoms with van der Waals surface area (Å²) in [4.78, 5) is 40.4. The van der Waals surface area contributed by atoms with Gasteiger partial charge in [0, 0.05) is 43.5 Å². The first-order valence-electron chi connectivity index (χ1n) is 9.52. The normalized spacial score (nSPS) is 18.4. The number of amides is 3. The highest BCUT2D eigenvalue weighted by atomic mass is 16.2. The molecule has 0 aliphatic carbocycles. The fraction of sp³-hybridized carbons (Fsp3) is 0.318. The van der Waals surface area contributed by atoms with Gasteiger partial charge in [-0.25, -0.2) is 0 Å². The first-order valence-corrected chi connectivity index (χ1v) is 9.52. The van der Waals surface area contributed by atoms with E-state index in [0.717, 1.165) is 34.6 Å². The second-order valence-corrected chi connectivity index (χ2v) is 7.44. The van der Waals surface area contributed by atoms with Crippen molar-refractivity contribution in [2.45, 2.75) is 26.7 Å². The number of nitrogens with one attached hydrogen (secondary N) is 1. The summed E-state index contributed by atoms with van der Waals surface area (Å²) < 4.78 is 0. The van der Waals surface area contributed by atoms with Crippen molar-refractivity contribution in [2.24, 2.45) is 5.92 Å². The molecule has 6 heteroatoms. The first-order chi connectivity index (χ1) is 13.4. The molecule has 1 N–H and O–H groups in total. The maximum Gasteiger partial charge on any atom is 0.229 e. The number of fused-ring (bicyclic) bond motifs is 1. The summed E-state index contributed by atoms with van der Waals surface area (Å²) in [7, 11) is 0. The minimum atomic E-state index is -0.380. The molecule has 2 aliphatic rings. The van der Waals surface area contributed by atoms with E-state index in [1.807, 2.05) is 49.4 Å². The molecule has 0 bridgehead atoms. The predicted octanol–water partition coefficient (Wildman–Crippen LogP) is 2.90. The smallest absolute Gasteiger partial charge is 0.229 e. The van der Waals surface area contributed by atoms with Gasteiger partial charge >= 0.3 is 0 Å². The van der Waals surface area contributed by atoms with Crippen LogP contribution in [0, 0.1) is 12.8 Å². The lowest BCUT2D eigenvalue weighted by Crippen LogP contribution is -2.28. The Balaban J connectivity index is 1.49. The lowest BCUT2D eigenvalue weighted by Gasteiger charge is -2.19. The zero-order valence-corrected chi connectivity index (χ0v) is 16.1. The molecule has 0 radical (unpaired) electrons. The van der Waals surface area contributed by atoms with Gasteiger partial charge in [0.1, 0.15) is 0 Å². The molecule has 1 atom stereocenters. The van der Waals surface area contributed by atoms with Crippen molar-refractivity contribution in [3.8, 4) is 0 Å². The maximum atomic E-state index is 12.7. The van der Waals surface area contributed by atoms with Crippen LogP contribution < -0.4 is 15.1 Å². The van der Waals surface area contributed by atoms with Crippen molar-refractivity contribution in [3.63, 3.8) is 0 Å². The molecule has 4 rings (SSSR count). The van der Waals surface area contributed by atoms with Crippen molar-refractivity contribution >= 4 is 34.8 Å². The summed E-state index contributed by atoms with van der Waals surface area (Å²) in [5, 5.41) is 2.94. The molecule has 0 aromatic heterocycles. The second-order valence-electron chi connectivity index (χ2n) is 7.44. The molecule has 2 aliphatic heterocycles. The maximum absolute atomic E-state index is 12.7. The minimum Gasteiger partial charge on any atom is -0.326 e. The van der Waals surface area contributed by atoms with Crippen LogP contribution in [0.5, 0.6) is 0 Å². The second kappa shape index (κ2) is 7.11. The van der Waals surface area contributed by atoms with Gasteiger partial charge in [0.05, 0.1) is 5.92 Å². The van der Waals surface area contributed by atoms with Crippen LogP contribution >= 0.6 is 0 Å². The molecular weight excluding hydrogens is 354 g/mol. The minimum absolute atomic E-state index is 0.0247. The van der Waals surface area contributed by atoms with Gasteiger partial charge in [0.25, 0.3) is 0 Å². The molecule has 2 aromatic rings. The highest BCUT2D eigenvalue weighted by Gasteiger charge is 2.36. The Morgan fingerprint density at radius 2 is 1.93 bits per heavy atom. The molecule has 0 spiro atoms. The van der Waals surface area contributed by atoms with E-state index in [2.05, 4.69) is 5.32 Å². The quantitative estimate of drug-likeness (QED) is 0.894. The highest BCUT2D eigenvalue weighted by Crippen LogP contribution is 2.34. The Morgan fingerprint density at radius 1 is 1.14 bits per heavy atom. The van der Waals surface area contributed by atoms with E-state index in [-0.39, 0.29) is 30.1 Å². The monoisotopic (exact) mass is 377 g/mol. The number of benzene rings is 2. The largest absolute Gasteiger partial charge is 0.326 e. The molecule has 6 nitrogen and oxygen atoms in total. The van der Waals surface area contributed by atoms with E-state index in [1.54, 1.807) is 16.7 Å². The van der Waals surface area contributed by atoms with Crippen LogP contribution in [0.1, 0.15) is 24.5 Å². The van der Waals surface area contributed by atoms with Crippen LogP contribution in [0.25, 0.3) is 0 Å². The Hall–Kier alpha value is -3.15. The van der Waals surface area contributed by atoms with E-state index in [9.17, 15) is 14.4 Å². The third-order valence-electron chi connectivity index (χ3n) is 5.55. The first kappa shape index (κ1) is 18.2. The summed E-state index contributed by atoms with van der Waals surface area (Å²) in [6, 6.07) is 13.3. The number of para-hydroxylation sites is 1. The zero-order chi connectivity index (χ0) is 19.8. The predicted molar refractivity (Wildman–Crippen MR) is 108 cm³/mol. The van der Waals surface area contributed by atoms with Gasteiger partial charge in [-0.15, -0.1) is 0 Å². The SMILES string of the molecule is CC(=O)N1CCc2cc(N3C[C@H](C(=O)Nc4ccccc4C)CC3=O)ccc21. The van der Waals surface area contributed by atoms with Crippen LogP contribution in [0.3, 0.4) is 0 Å². The van der Waals surface area contributed by atoms with Gasteiger partial charge in [0.2, 0.25) is 17.7 Å². The molecule has 0 saturated carbocycles. The van der Waals surface area contributed by atoms with Gasteiger partial charge in [-0.1, -0.05) is 18.2 Å². The number of carbonyl (C=O) groups excluding carboxylic acids is 3. The van der Waals surface area contributed by atoms with E-state index in [0.29, 0.717) is 13.1 Å². The van der Waals surface area contributed by atoms with E-state index in [4.69, 9.17) is 0 Å². The number of carbonyl (C=O) groups is 3. The lowest BCUT2D eigenvalue weighted by atomic mass is 10.1. The van der Waals surface area contributed by atoms with Crippen molar-refractivity contribution in [2.75, 3.05) is 28.2 Å². The van der Waals surface area contributed by atoms with Crippen LogP contribution in [-0.4, -0.2) is 30.8 Å². The number of anilines is 3. The summed E-state index contributed by atoms with van der Waals surface area (Å²) in [5.41, 5.74) is 4.54. The summed E-state index contributed by atoms with van der Waals surface area (Å²) in [6.45, 7) is 4.54. The van der Waals surface area contributed by atoms with Gasteiger partial charge in [0.15, 0.2) is 0 Å². The Labute approximate surface area is 164 Å². The molecule has 144 valence electrons. The van der Waals surface area contributed by atoms with E-state index >= 15 is 0 Å². The number of nitrogens with zero attached hydrogens (tertiary/aromatic N) is 2. The Kier molecular flexibility index (Phi) is 4.63. The molecule has 1 saturated heterocycles. The summed E-state index contributed by atoms with van der Waals surface area (Å²) >= 11 is 0. The average molecular weight is 377 g/mol. The average Bonchev–Trinajstić information content (AvgIpc) is 3.26. The number of hydrogen-bond acceptors (Lipinski definition) is 3. The van der Waals surface area contributed by atoms with Gasteiger partial charge in [-0.05, 0) is 48.7 Å². The molecular formula is C22H23N3O3. The van der Waals surface area contributed by atoms with Gasteiger partial charge in [-0.3, -0.25) is 14.4 Å². The van der Waals surface area contributed by atoms with Crippen molar-refractivity contribution in [1.29, 1.82) is 0 Å². The van der Waals surface area contributed by atoms with Crippen molar-refractivity contribution in [3.05, 3.63) is 53.6 Å². The topological polar surface area (TPSA) is 69.7 Å². The van der Waals surface area contributed by atoms with E-state index < -0.39 is 0 Å². The lowest BCUT2D eigenvalue weighted by molar-refractivity contribution is -0.122. The fourth-order valence-corrected chi connectivity index (χ4v) is 3.96. The third-order valence-corrected chi connectivity index (χ3v) is 5.55. The fourth-order valence-electron chi connectivity index (χ4n) is 3.96. The molecule has 2 aromatic carbocycles. The Bertz CT molecular complexity index is 969. The highest BCUT2D eigenvalue weighted by molar-refractivity contribution is 6.04. The summed E-state index contributed by atoms with van der Waals surface area (Å²) in [5.74, 6) is -0.536. The molecule has 1 fully saturated rings. The summed E-state index contributed by atoms with van der Waals surface area (Å²) in [6.07, 6.45) is 0.982. The Morgan fingerprint density at radius 3 is 2.68 bits per heavy atom.